The Morgan fingerprint density at radius 3 is 2.63 bits per heavy atom. The van der Waals surface area contributed by atoms with Gasteiger partial charge in [-0.3, -0.25) is 14.4 Å². The molecular weight excluding hydrogens is 538 g/mol. The summed E-state index contributed by atoms with van der Waals surface area (Å²) in [4.78, 5) is 57.8. The first-order valence-corrected chi connectivity index (χ1v) is 18.2. The smallest absolute Gasteiger partial charge is 0.264 e. The van der Waals surface area contributed by atoms with Crippen molar-refractivity contribution in [2.75, 3.05) is 36.0 Å². The lowest BCUT2D eigenvalue weighted by atomic mass is 9.82. The molecule has 0 aromatic heterocycles. The highest BCUT2D eigenvalue weighted by Gasteiger charge is 2.66. The number of nitrogens with zero attached hydrogens (tertiary/aromatic N) is 3. The van der Waals surface area contributed by atoms with Crippen molar-refractivity contribution in [1.82, 2.24) is 4.90 Å². The number of carbonyl (C=O) groups is 3. The fourth-order valence-corrected chi connectivity index (χ4v) is 10.4. The zero-order valence-electron chi connectivity index (χ0n) is 24.7. The summed E-state index contributed by atoms with van der Waals surface area (Å²) >= 11 is 0. The van der Waals surface area contributed by atoms with Crippen molar-refractivity contribution in [3.8, 4) is 0 Å². The molecule has 0 unspecified atom stereocenters. The molecule has 3 fully saturated rings. The lowest BCUT2D eigenvalue weighted by Crippen LogP contribution is -2.46. The van der Waals surface area contributed by atoms with Crippen molar-refractivity contribution in [2.45, 2.75) is 94.7 Å². The van der Waals surface area contributed by atoms with E-state index in [-0.39, 0.29) is 42.3 Å². The van der Waals surface area contributed by atoms with Crippen LogP contribution in [0.1, 0.15) is 63.9 Å². The van der Waals surface area contributed by atoms with Gasteiger partial charge in [0.05, 0.1) is 30.9 Å². The molecule has 4 heterocycles. The molecule has 9 nitrogen and oxygen atoms in total. The molecule has 10 heteroatoms. The van der Waals surface area contributed by atoms with E-state index >= 15 is 0 Å². The Labute approximate surface area is 244 Å². The van der Waals surface area contributed by atoms with Gasteiger partial charge in [-0.2, -0.15) is 0 Å². The first-order valence-electron chi connectivity index (χ1n) is 15.2. The molecule has 4 aliphatic rings. The molecule has 2 N–H and O–H groups in total. The number of amides is 3. The highest BCUT2D eigenvalue weighted by Crippen LogP contribution is 2.60. The van der Waals surface area contributed by atoms with Gasteiger partial charge in [0.2, 0.25) is 11.8 Å². The Hall–Kier alpha value is -2.53. The Bertz CT molecular complexity index is 1200. The minimum absolute atomic E-state index is 0.0403. The van der Waals surface area contributed by atoms with E-state index in [4.69, 9.17) is 4.74 Å². The van der Waals surface area contributed by atoms with E-state index in [0.717, 1.165) is 44.2 Å². The van der Waals surface area contributed by atoms with Gasteiger partial charge in [-0.1, -0.05) is 25.8 Å². The van der Waals surface area contributed by atoms with E-state index in [2.05, 4.69) is 6.58 Å². The maximum Gasteiger partial charge on any atom is 0.264 e. The molecule has 5 rings (SSSR count). The van der Waals surface area contributed by atoms with Crippen LogP contribution in [-0.4, -0.2) is 79.2 Å². The van der Waals surface area contributed by atoms with Crippen molar-refractivity contribution >= 4 is 37.4 Å². The molecule has 1 aromatic rings. The summed E-state index contributed by atoms with van der Waals surface area (Å²) in [5.41, 5.74) is 0.391. The highest BCUT2D eigenvalue weighted by atomic mass is 28.4. The van der Waals surface area contributed by atoms with Gasteiger partial charge in [0.1, 0.15) is 0 Å². The van der Waals surface area contributed by atoms with Crippen molar-refractivity contribution in [3.63, 3.8) is 0 Å². The van der Waals surface area contributed by atoms with Crippen molar-refractivity contribution < 1.29 is 29.0 Å². The van der Waals surface area contributed by atoms with E-state index in [1.54, 1.807) is 15.9 Å². The Morgan fingerprint density at radius 2 is 1.93 bits per heavy atom. The summed E-state index contributed by atoms with van der Waals surface area (Å²) in [5.74, 6) is -0.657. The van der Waals surface area contributed by atoms with Crippen LogP contribution in [-0.2, 0) is 24.7 Å². The van der Waals surface area contributed by atoms with Crippen LogP contribution in [0.4, 0.5) is 11.4 Å². The first-order chi connectivity index (χ1) is 19.5. The van der Waals surface area contributed by atoms with Gasteiger partial charge in [0.25, 0.3) is 5.91 Å². The predicted molar refractivity (Wildman–Crippen MR) is 160 cm³/mol. The van der Waals surface area contributed by atoms with E-state index in [0.29, 0.717) is 37.3 Å². The molecule has 0 saturated carbocycles. The van der Waals surface area contributed by atoms with Crippen LogP contribution < -0.4 is 9.80 Å². The third-order valence-electron chi connectivity index (χ3n) is 9.70. The van der Waals surface area contributed by atoms with Crippen LogP contribution in [0, 0.1) is 5.92 Å². The SMILES string of the molecule is C=CCN1C(=O)[C@@]2(O[C@@H](CC(=O)N3CCC[C@H]3CO)[C@H]([Si](C)(C)O)[C@H]2C)c2cc(N3CCCCCCC3=O)ccc21. The second-order valence-corrected chi connectivity index (χ2v) is 16.7. The lowest BCUT2D eigenvalue weighted by molar-refractivity contribution is -0.149. The number of likely N-dealkylation sites (tertiary alicyclic amines) is 1. The second-order valence-electron chi connectivity index (χ2n) is 12.7. The zero-order valence-corrected chi connectivity index (χ0v) is 25.7. The molecule has 3 amide bonds. The molecule has 224 valence electrons. The predicted octanol–water partition coefficient (Wildman–Crippen LogP) is 3.69. The van der Waals surface area contributed by atoms with Gasteiger partial charge in [-0.05, 0) is 57.0 Å². The van der Waals surface area contributed by atoms with Gasteiger partial charge in [0, 0.05) is 48.8 Å². The summed E-state index contributed by atoms with van der Waals surface area (Å²) in [6, 6.07) is 5.53. The van der Waals surface area contributed by atoms with Crippen LogP contribution >= 0.6 is 0 Å². The number of anilines is 2. The van der Waals surface area contributed by atoms with Crippen molar-refractivity contribution in [1.29, 1.82) is 0 Å². The summed E-state index contributed by atoms with van der Waals surface area (Å²) in [5, 5.41) is 9.80. The maximum absolute atomic E-state index is 14.4. The average Bonchev–Trinajstić information content (AvgIpc) is 3.57. The van der Waals surface area contributed by atoms with Crippen LogP contribution in [0.25, 0.3) is 0 Å². The molecule has 41 heavy (non-hydrogen) atoms. The molecule has 0 radical (unpaired) electrons. The molecular formula is C31H45N3O6Si. The van der Waals surface area contributed by atoms with Crippen LogP contribution in [0.2, 0.25) is 18.6 Å². The molecule has 4 aliphatic heterocycles. The molecule has 3 saturated heterocycles. The van der Waals surface area contributed by atoms with Crippen LogP contribution in [0.15, 0.2) is 30.9 Å². The number of carbonyl (C=O) groups excluding carboxylic acids is 3. The second kappa shape index (κ2) is 11.6. The van der Waals surface area contributed by atoms with Crippen molar-refractivity contribution in [3.05, 3.63) is 36.4 Å². The molecule has 1 spiro atoms. The number of fused-ring (bicyclic) bond motifs is 2. The minimum atomic E-state index is -2.94. The monoisotopic (exact) mass is 583 g/mol. The van der Waals surface area contributed by atoms with Crippen molar-refractivity contribution in [2.24, 2.45) is 5.92 Å². The number of hydrogen-bond donors (Lipinski definition) is 2. The fraction of sp³-hybridized carbons (Fsp3) is 0.645. The van der Waals surface area contributed by atoms with Gasteiger partial charge in [-0.15, -0.1) is 6.58 Å². The summed E-state index contributed by atoms with van der Waals surface area (Å²) in [6.07, 6.45) is 7.09. The van der Waals surface area contributed by atoms with Gasteiger partial charge >= 0.3 is 0 Å². The maximum atomic E-state index is 14.4. The number of ether oxygens (including phenoxy) is 1. The largest absolute Gasteiger partial charge is 0.432 e. The third kappa shape index (κ3) is 5.17. The molecule has 1 aromatic carbocycles. The van der Waals surface area contributed by atoms with Crippen LogP contribution in [0.3, 0.4) is 0 Å². The molecule has 0 aliphatic carbocycles. The van der Waals surface area contributed by atoms with E-state index in [1.165, 1.54) is 0 Å². The first kappa shape index (κ1) is 29.9. The number of benzene rings is 1. The molecule has 0 bridgehead atoms. The van der Waals surface area contributed by atoms with E-state index in [9.17, 15) is 24.3 Å². The third-order valence-corrected chi connectivity index (χ3v) is 12.2. The Morgan fingerprint density at radius 1 is 1.17 bits per heavy atom. The molecule has 5 atom stereocenters. The standard InChI is InChI=1S/C31H45N3O6Si/c1-5-15-34-25-14-13-22(32-16-9-7-6-8-12-27(32)36)18-24(25)31(30(34)38)21(2)29(41(3,4)39)26(40-31)19-28(37)33-17-10-11-23(33)20-35/h5,13-14,18,21,23,26,29,35,39H,1,6-12,15-17,19-20H2,2-4H3/t21-,23+,26+,29-,31+/m1/s1. The number of rotatable bonds is 7. The topological polar surface area (TPSA) is 111 Å². The normalized spacial score (nSPS) is 30.6. The van der Waals surface area contributed by atoms with Gasteiger partial charge in [0.15, 0.2) is 13.9 Å². The summed E-state index contributed by atoms with van der Waals surface area (Å²) < 4.78 is 6.83. The number of aliphatic hydroxyl groups is 1. The lowest BCUT2D eigenvalue weighted by Gasteiger charge is -2.33. The zero-order chi connectivity index (χ0) is 29.5. The number of hydrogen-bond acceptors (Lipinski definition) is 6. The average molecular weight is 584 g/mol. The van der Waals surface area contributed by atoms with Crippen LogP contribution in [0.5, 0.6) is 0 Å². The summed E-state index contributed by atoms with van der Waals surface area (Å²) in [6.45, 7) is 10.9. The Kier molecular flexibility index (Phi) is 8.49. The van der Waals surface area contributed by atoms with Gasteiger partial charge in [-0.25, -0.2) is 0 Å². The quantitative estimate of drug-likeness (QED) is 0.374. The van der Waals surface area contributed by atoms with Gasteiger partial charge < -0.3 is 29.3 Å². The van der Waals surface area contributed by atoms with E-state index in [1.807, 2.05) is 43.1 Å². The highest BCUT2D eigenvalue weighted by molar-refractivity contribution is 6.71. The Balaban J connectivity index is 1.56. The summed E-state index contributed by atoms with van der Waals surface area (Å²) in [7, 11) is -2.94. The fourth-order valence-electron chi connectivity index (χ4n) is 7.82. The minimum Gasteiger partial charge on any atom is -0.432 e. The van der Waals surface area contributed by atoms with E-state index < -0.39 is 25.9 Å². The number of aliphatic hydroxyl groups excluding tert-OH is 1.